The average molecular weight is 268 g/mol. The topological polar surface area (TPSA) is 24.7 Å². The lowest BCUT2D eigenvalue weighted by Gasteiger charge is -2.26. The number of benzene rings is 2. The first-order valence-electron chi connectivity index (χ1n) is 6.93. The first-order valence-corrected chi connectivity index (χ1v) is 6.93. The van der Waals surface area contributed by atoms with Crippen LogP contribution >= 0.6 is 0 Å². The summed E-state index contributed by atoms with van der Waals surface area (Å²) in [4.78, 5) is 1.32. The predicted molar refractivity (Wildman–Crippen MR) is 82.7 cm³/mol. The number of likely N-dealkylation sites (N-methyl/N-ethyl adjacent to an activating group) is 1. The van der Waals surface area contributed by atoms with Crippen LogP contribution in [0.2, 0.25) is 0 Å². The zero-order chi connectivity index (χ0) is 14.4. The first kappa shape index (κ1) is 14.5. The van der Waals surface area contributed by atoms with Crippen LogP contribution in [0.4, 0.5) is 0 Å². The van der Waals surface area contributed by atoms with Crippen LogP contribution in [0.1, 0.15) is 11.1 Å². The highest BCUT2D eigenvalue weighted by molar-refractivity contribution is 5.40. The molecule has 0 amide bonds. The van der Waals surface area contributed by atoms with Gasteiger partial charge in [0.2, 0.25) is 0 Å². The predicted octanol–water partition coefficient (Wildman–Crippen LogP) is 1.62. The standard InChI is InChI=1S/C18H21NO/c1-19(2)15-9-14-18(20,16-10-5-3-6-11-16)17-12-7-4-8-13-17/h3-14,20H,15H2,1-2H3/p+1. The number of hydrogen-bond acceptors (Lipinski definition) is 1. The van der Waals surface area contributed by atoms with E-state index in [2.05, 4.69) is 14.1 Å². The molecule has 0 atom stereocenters. The fourth-order valence-electron chi connectivity index (χ4n) is 2.21. The number of nitrogens with one attached hydrogen (secondary N) is 1. The minimum absolute atomic E-state index is 0.877. The van der Waals surface area contributed by atoms with Gasteiger partial charge in [-0.25, -0.2) is 0 Å². The van der Waals surface area contributed by atoms with Crippen molar-refractivity contribution in [1.82, 2.24) is 0 Å². The van der Waals surface area contributed by atoms with E-state index >= 15 is 0 Å². The van der Waals surface area contributed by atoms with E-state index in [4.69, 9.17) is 0 Å². The van der Waals surface area contributed by atoms with E-state index in [0.29, 0.717) is 0 Å². The van der Waals surface area contributed by atoms with Crippen LogP contribution in [-0.4, -0.2) is 25.7 Å². The summed E-state index contributed by atoms with van der Waals surface area (Å²) in [7, 11) is 4.18. The Morgan fingerprint density at radius 2 is 1.35 bits per heavy atom. The summed E-state index contributed by atoms with van der Waals surface area (Å²) in [5.74, 6) is 0. The van der Waals surface area contributed by atoms with Gasteiger partial charge in [0.05, 0.1) is 20.6 Å². The average Bonchev–Trinajstić information content (AvgIpc) is 2.48. The first-order chi connectivity index (χ1) is 9.63. The van der Waals surface area contributed by atoms with Crippen LogP contribution in [-0.2, 0) is 5.60 Å². The summed E-state index contributed by atoms with van der Waals surface area (Å²) in [5.41, 5.74) is 0.699. The minimum atomic E-state index is -1.07. The van der Waals surface area contributed by atoms with Gasteiger partial charge in [-0.05, 0) is 23.3 Å². The Hall–Kier alpha value is -1.90. The van der Waals surface area contributed by atoms with Crippen molar-refractivity contribution < 1.29 is 10.0 Å². The lowest BCUT2D eigenvalue weighted by molar-refractivity contribution is -0.851. The molecule has 0 spiro atoms. The van der Waals surface area contributed by atoms with Gasteiger partial charge in [-0.2, -0.15) is 0 Å². The van der Waals surface area contributed by atoms with E-state index in [1.807, 2.05) is 72.8 Å². The fourth-order valence-corrected chi connectivity index (χ4v) is 2.21. The van der Waals surface area contributed by atoms with Crippen molar-refractivity contribution in [3.05, 3.63) is 83.9 Å². The lowest BCUT2D eigenvalue weighted by Crippen LogP contribution is -3.05. The largest absolute Gasteiger partial charge is 0.377 e. The third-order valence-corrected chi connectivity index (χ3v) is 3.31. The van der Waals surface area contributed by atoms with Gasteiger partial charge in [0.1, 0.15) is 5.60 Å². The molecule has 0 aliphatic heterocycles. The smallest absolute Gasteiger partial charge is 0.133 e. The molecule has 2 heteroatoms. The second-order valence-electron chi connectivity index (χ2n) is 5.31. The molecule has 0 saturated carbocycles. The summed E-state index contributed by atoms with van der Waals surface area (Å²) in [5, 5.41) is 11.2. The van der Waals surface area contributed by atoms with Crippen molar-refractivity contribution in [3.63, 3.8) is 0 Å². The van der Waals surface area contributed by atoms with Gasteiger partial charge >= 0.3 is 0 Å². The summed E-state index contributed by atoms with van der Waals surface area (Å²) in [6, 6.07) is 19.6. The number of quaternary nitrogens is 1. The molecule has 0 unspecified atom stereocenters. The van der Waals surface area contributed by atoms with E-state index in [9.17, 15) is 5.11 Å². The highest BCUT2D eigenvalue weighted by Crippen LogP contribution is 2.30. The molecule has 2 aromatic carbocycles. The normalized spacial score (nSPS) is 12.2. The number of rotatable bonds is 5. The zero-order valence-corrected chi connectivity index (χ0v) is 12.1. The van der Waals surface area contributed by atoms with E-state index in [1.54, 1.807) is 0 Å². The second kappa shape index (κ2) is 6.51. The molecule has 20 heavy (non-hydrogen) atoms. The van der Waals surface area contributed by atoms with E-state index < -0.39 is 5.60 Å². The fraction of sp³-hybridized carbons (Fsp3) is 0.222. The molecule has 0 aliphatic carbocycles. The number of hydrogen-bond donors (Lipinski definition) is 2. The highest BCUT2D eigenvalue weighted by Gasteiger charge is 2.28. The van der Waals surface area contributed by atoms with Crippen LogP contribution in [0.15, 0.2) is 72.8 Å². The maximum absolute atomic E-state index is 11.2. The van der Waals surface area contributed by atoms with Gasteiger partial charge in [-0.3, -0.25) is 0 Å². The number of aliphatic hydroxyl groups is 1. The van der Waals surface area contributed by atoms with Crippen LogP contribution in [0.5, 0.6) is 0 Å². The monoisotopic (exact) mass is 268 g/mol. The Morgan fingerprint density at radius 3 is 1.75 bits per heavy atom. The Labute approximate surface area is 121 Å². The van der Waals surface area contributed by atoms with Gasteiger partial charge in [0, 0.05) is 0 Å². The molecule has 0 radical (unpaired) electrons. The van der Waals surface area contributed by atoms with E-state index in [0.717, 1.165) is 17.7 Å². The molecular formula is C18H22NO+. The van der Waals surface area contributed by atoms with Crippen molar-refractivity contribution >= 4 is 0 Å². The van der Waals surface area contributed by atoms with Gasteiger partial charge in [0.25, 0.3) is 0 Å². The Morgan fingerprint density at radius 1 is 0.900 bits per heavy atom. The molecule has 2 N–H and O–H groups in total. The van der Waals surface area contributed by atoms with E-state index in [-0.39, 0.29) is 0 Å². The zero-order valence-electron chi connectivity index (χ0n) is 12.1. The van der Waals surface area contributed by atoms with Crippen molar-refractivity contribution in [1.29, 1.82) is 0 Å². The molecule has 0 heterocycles. The van der Waals surface area contributed by atoms with Crippen molar-refractivity contribution in [2.45, 2.75) is 5.60 Å². The Balaban J connectivity index is 2.41. The third kappa shape index (κ3) is 3.35. The van der Waals surface area contributed by atoms with Crippen LogP contribution in [0.25, 0.3) is 0 Å². The summed E-state index contributed by atoms with van der Waals surface area (Å²) in [6.45, 7) is 0.877. The van der Waals surface area contributed by atoms with Crippen molar-refractivity contribution in [2.75, 3.05) is 20.6 Å². The minimum Gasteiger partial charge on any atom is -0.377 e. The second-order valence-corrected chi connectivity index (χ2v) is 5.31. The van der Waals surface area contributed by atoms with Crippen LogP contribution in [0.3, 0.4) is 0 Å². The maximum atomic E-state index is 11.2. The summed E-state index contributed by atoms with van der Waals surface area (Å²) < 4.78 is 0. The van der Waals surface area contributed by atoms with Gasteiger partial charge in [-0.1, -0.05) is 60.7 Å². The van der Waals surface area contributed by atoms with Crippen LogP contribution < -0.4 is 4.90 Å². The molecule has 0 bridgehead atoms. The Kier molecular flexibility index (Phi) is 4.72. The van der Waals surface area contributed by atoms with E-state index in [1.165, 1.54) is 4.90 Å². The SMILES string of the molecule is C[NH+](C)CC=CC(O)(c1ccccc1)c1ccccc1. The maximum Gasteiger partial charge on any atom is 0.133 e. The van der Waals surface area contributed by atoms with Crippen molar-refractivity contribution in [3.8, 4) is 0 Å². The van der Waals surface area contributed by atoms with Crippen LogP contribution in [0, 0.1) is 0 Å². The molecule has 2 aromatic rings. The molecule has 0 saturated heterocycles. The molecule has 0 aliphatic rings. The van der Waals surface area contributed by atoms with Crippen molar-refractivity contribution in [2.24, 2.45) is 0 Å². The summed E-state index contributed by atoms with van der Waals surface area (Å²) >= 11 is 0. The third-order valence-electron chi connectivity index (χ3n) is 3.31. The highest BCUT2D eigenvalue weighted by atomic mass is 16.3. The molecule has 2 rings (SSSR count). The molecule has 0 fully saturated rings. The molecule has 2 nitrogen and oxygen atoms in total. The van der Waals surface area contributed by atoms with Gasteiger partial charge in [-0.15, -0.1) is 0 Å². The molecule has 0 aromatic heterocycles. The van der Waals surface area contributed by atoms with Gasteiger partial charge in [0.15, 0.2) is 0 Å². The lowest BCUT2D eigenvalue weighted by atomic mass is 9.86. The van der Waals surface area contributed by atoms with Gasteiger partial charge < -0.3 is 10.0 Å². The quantitative estimate of drug-likeness (QED) is 0.792. The summed E-state index contributed by atoms with van der Waals surface area (Å²) in [6.07, 6.45) is 3.93. The molecular weight excluding hydrogens is 246 g/mol. The Bertz CT molecular complexity index is 507. The molecule has 104 valence electrons.